The van der Waals surface area contributed by atoms with Gasteiger partial charge in [0.15, 0.2) is 0 Å². The first kappa shape index (κ1) is 11.8. The van der Waals surface area contributed by atoms with E-state index >= 15 is 0 Å². The van der Waals surface area contributed by atoms with Crippen LogP contribution in [0.25, 0.3) is 0 Å². The van der Waals surface area contributed by atoms with Crippen LogP contribution in [-0.4, -0.2) is 6.54 Å². The highest BCUT2D eigenvalue weighted by molar-refractivity contribution is 6.32. The van der Waals surface area contributed by atoms with Gasteiger partial charge in [-0.05, 0) is 37.4 Å². The van der Waals surface area contributed by atoms with Crippen molar-refractivity contribution in [1.82, 2.24) is 5.32 Å². The maximum absolute atomic E-state index is 6.23. The van der Waals surface area contributed by atoms with Gasteiger partial charge in [-0.1, -0.05) is 29.8 Å². The Morgan fingerprint density at radius 3 is 2.86 bits per heavy atom. The first-order valence-corrected chi connectivity index (χ1v) is 5.15. The number of hydrogen-bond acceptors (Lipinski definition) is 1. The molecule has 0 amide bonds. The number of benzene rings is 1. The smallest absolute Gasteiger partial charge is 0.0482 e. The van der Waals surface area contributed by atoms with E-state index in [-0.39, 0.29) is 12.4 Å². The summed E-state index contributed by atoms with van der Waals surface area (Å²) >= 11 is 6.23. The van der Waals surface area contributed by atoms with Crippen LogP contribution in [0.15, 0.2) is 18.2 Å². The zero-order chi connectivity index (χ0) is 9.26. The van der Waals surface area contributed by atoms with E-state index in [0.717, 1.165) is 11.6 Å². The average molecular weight is 232 g/mol. The molecule has 1 atom stereocenters. The van der Waals surface area contributed by atoms with Crippen molar-refractivity contribution in [2.24, 2.45) is 0 Å². The highest BCUT2D eigenvalue weighted by atomic mass is 35.5. The quantitative estimate of drug-likeness (QED) is 0.781. The van der Waals surface area contributed by atoms with Crippen LogP contribution in [0.1, 0.15) is 30.0 Å². The number of nitrogens with one attached hydrogen (secondary N) is 1. The Kier molecular flexibility index (Phi) is 4.24. The Labute approximate surface area is 96.3 Å². The summed E-state index contributed by atoms with van der Waals surface area (Å²) in [6, 6.07) is 6.74. The Morgan fingerprint density at radius 1 is 1.43 bits per heavy atom. The van der Waals surface area contributed by atoms with Gasteiger partial charge in [0.1, 0.15) is 0 Å². The summed E-state index contributed by atoms with van der Waals surface area (Å²) < 4.78 is 0. The lowest BCUT2D eigenvalue weighted by Gasteiger charge is -2.13. The third-order valence-corrected chi connectivity index (χ3v) is 3.17. The highest BCUT2D eigenvalue weighted by Gasteiger charge is 2.18. The number of aryl methyl sites for hydroxylation is 1. The van der Waals surface area contributed by atoms with Gasteiger partial charge in [0.25, 0.3) is 0 Å². The first-order valence-electron chi connectivity index (χ1n) is 4.77. The molecule has 78 valence electrons. The van der Waals surface area contributed by atoms with Gasteiger partial charge >= 0.3 is 0 Å². The second-order valence-electron chi connectivity index (χ2n) is 3.63. The summed E-state index contributed by atoms with van der Waals surface area (Å²) in [5.41, 5.74) is 2.44. The molecule has 0 bridgehead atoms. The van der Waals surface area contributed by atoms with E-state index in [9.17, 15) is 0 Å². The van der Waals surface area contributed by atoms with Gasteiger partial charge in [-0.2, -0.15) is 0 Å². The molecule has 14 heavy (non-hydrogen) atoms. The summed E-state index contributed by atoms with van der Waals surface area (Å²) in [4.78, 5) is 0. The van der Waals surface area contributed by atoms with Gasteiger partial charge in [0.2, 0.25) is 0 Å². The second-order valence-corrected chi connectivity index (χ2v) is 4.01. The molecule has 1 aliphatic heterocycles. The van der Waals surface area contributed by atoms with E-state index < -0.39 is 0 Å². The Bertz CT molecular complexity index is 306. The van der Waals surface area contributed by atoms with Gasteiger partial charge < -0.3 is 5.32 Å². The molecule has 1 saturated heterocycles. The average Bonchev–Trinajstić information content (AvgIpc) is 2.62. The highest BCUT2D eigenvalue weighted by Crippen LogP contribution is 2.30. The lowest BCUT2D eigenvalue weighted by Crippen LogP contribution is -2.13. The predicted molar refractivity (Wildman–Crippen MR) is 63.4 cm³/mol. The van der Waals surface area contributed by atoms with Crippen LogP contribution in [0.3, 0.4) is 0 Å². The third-order valence-electron chi connectivity index (χ3n) is 2.66. The van der Waals surface area contributed by atoms with Gasteiger partial charge in [-0.25, -0.2) is 0 Å². The molecule has 1 aliphatic rings. The van der Waals surface area contributed by atoms with Crippen molar-refractivity contribution in [2.45, 2.75) is 25.8 Å². The van der Waals surface area contributed by atoms with Crippen molar-refractivity contribution in [1.29, 1.82) is 0 Å². The standard InChI is InChI=1S/C11H14ClN.ClH/c1-8-4-2-5-9(11(8)12)10-6-3-7-13-10;/h2,4-5,10,13H,3,6-7H2,1H3;1H. The molecule has 1 nitrogen and oxygen atoms in total. The summed E-state index contributed by atoms with van der Waals surface area (Å²) in [6.45, 7) is 3.18. The fourth-order valence-electron chi connectivity index (χ4n) is 1.89. The zero-order valence-corrected chi connectivity index (χ0v) is 9.79. The Hall–Kier alpha value is -0.240. The van der Waals surface area contributed by atoms with Gasteiger partial charge in [0.05, 0.1) is 0 Å². The molecule has 3 heteroatoms. The molecule has 1 fully saturated rings. The number of rotatable bonds is 1. The van der Waals surface area contributed by atoms with Crippen LogP contribution >= 0.6 is 24.0 Å². The van der Waals surface area contributed by atoms with E-state index in [2.05, 4.69) is 30.4 Å². The van der Waals surface area contributed by atoms with E-state index in [1.165, 1.54) is 24.0 Å². The lowest BCUT2D eigenvalue weighted by atomic mass is 10.0. The monoisotopic (exact) mass is 231 g/mol. The molecule has 0 aromatic heterocycles. The molecule has 0 radical (unpaired) electrons. The molecule has 0 aliphatic carbocycles. The minimum Gasteiger partial charge on any atom is -0.310 e. The van der Waals surface area contributed by atoms with Gasteiger partial charge in [0, 0.05) is 11.1 Å². The first-order chi connectivity index (χ1) is 6.29. The minimum atomic E-state index is 0. The van der Waals surface area contributed by atoms with E-state index in [4.69, 9.17) is 11.6 Å². The second kappa shape index (κ2) is 5.01. The molecule has 1 aromatic rings. The molecule has 0 spiro atoms. The van der Waals surface area contributed by atoms with Crippen molar-refractivity contribution in [2.75, 3.05) is 6.54 Å². The van der Waals surface area contributed by atoms with E-state index in [0.29, 0.717) is 6.04 Å². The maximum atomic E-state index is 6.23. The number of halogens is 2. The minimum absolute atomic E-state index is 0. The molecule has 1 unspecified atom stereocenters. The predicted octanol–water partition coefficient (Wildman–Crippen LogP) is 3.49. The molecular weight excluding hydrogens is 217 g/mol. The van der Waals surface area contributed by atoms with Crippen LogP contribution in [0, 0.1) is 6.92 Å². The van der Waals surface area contributed by atoms with Gasteiger partial charge in [-0.3, -0.25) is 0 Å². The largest absolute Gasteiger partial charge is 0.310 e. The summed E-state index contributed by atoms with van der Waals surface area (Å²) in [7, 11) is 0. The lowest BCUT2D eigenvalue weighted by molar-refractivity contribution is 0.647. The zero-order valence-electron chi connectivity index (χ0n) is 8.22. The molecule has 1 aromatic carbocycles. The van der Waals surface area contributed by atoms with Crippen molar-refractivity contribution in [3.63, 3.8) is 0 Å². The Morgan fingerprint density at radius 2 is 2.21 bits per heavy atom. The molecule has 0 saturated carbocycles. The van der Waals surface area contributed by atoms with Crippen molar-refractivity contribution >= 4 is 24.0 Å². The van der Waals surface area contributed by atoms with Crippen LogP contribution in [0.2, 0.25) is 5.02 Å². The van der Waals surface area contributed by atoms with E-state index in [1.54, 1.807) is 0 Å². The molecule has 1 heterocycles. The summed E-state index contributed by atoms with van der Waals surface area (Å²) in [5, 5.41) is 4.39. The SMILES string of the molecule is Cc1cccc(C2CCCN2)c1Cl.Cl. The van der Waals surface area contributed by atoms with Crippen molar-refractivity contribution in [3.05, 3.63) is 34.3 Å². The van der Waals surface area contributed by atoms with Crippen LogP contribution < -0.4 is 5.32 Å². The fraction of sp³-hybridized carbons (Fsp3) is 0.455. The van der Waals surface area contributed by atoms with Crippen LogP contribution in [0.5, 0.6) is 0 Å². The normalized spacial score (nSPS) is 20.6. The van der Waals surface area contributed by atoms with Crippen LogP contribution in [-0.2, 0) is 0 Å². The Balaban J connectivity index is 0.000000980. The topological polar surface area (TPSA) is 12.0 Å². The molecule has 2 rings (SSSR count). The van der Waals surface area contributed by atoms with Crippen molar-refractivity contribution < 1.29 is 0 Å². The summed E-state index contributed by atoms with van der Waals surface area (Å²) in [6.07, 6.45) is 2.47. The third kappa shape index (κ3) is 2.22. The number of hydrogen-bond donors (Lipinski definition) is 1. The van der Waals surface area contributed by atoms with Gasteiger partial charge in [-0.15, -0.1) is 12.4 Å². The maximum Gasteiger partial charge on any atom is 0.0482 e. The van der Waals surface area contributed by atoms with Crippen LogP contribution in [0.4, 0.5) is 0 Å². The summed E-state index contributed by atoms with van der Waals surface area (Å²) in [5.74, 6) is 0. The van der Waals surface area contributed by atoms with Crippen molar-refractivity contribution in [3.8, 4) is 0 Å². The molecule has 1 N–H and O–H groups in total. The fourth-order valence-corrected chi connectivity index (χ4v) is 2.15. The molecular formula is C11H15Cl2N. The van der Waals surface area contributed by atoms with E-state index in [1.807, 2.05) is 0 Å².